The highest BCUT2D eigenvalue weighted by molar-refractivity contribution is 14.1. The summed E-state index contributed by atoms with van der Waals surface area (Å²) in [6.45, 7) is 8.44. The molecule has 27 heavy (non-hydrogen) atoms. The molecule has 1 N–H and O–H groups in total. The average Bonchev–Trinajstić information content (AvgIpc) is 3.35. The summed E-state index contributed by atoms with van der Waals surface area (Å²) in [4.78, 5) is 14.9. The van der Waals surface area contributed by atoms with Crippen molar-refractivity contribution in [2.45, 2.75) is 53.0 Å². The maximum absolute atomic E-state index is 12.5. The molecule has 1 aliphatic heterocycles. The quantitative estimate of drug-likeness (QED) is 0.586. The largest absolute Gasteiger partial charge is 0.367 e. The maximum Gasteiger partial charge on any atom is 0.224 e. The summed E-state index contributed by atoms with van der Waals surface area (Å²) >= 11 is 2.35. The van der Waals surface area contributed by atoms with E-state index in [1.165, 1.54) is 44.4 Å². The SMILES string of the molecule is Cc1cc2c(c(C)c1NC(=O)CC1(C)CC1)CCN(c1ccc(I)cc1)C2. The molecule has 0 atom stereocenters. The molecule has 4 rings (SSSR count). The van der Waals surface area contributed by atoms with E-state index in [4.69, 9.17) is 0 Å². The summed E-state index contributed by atoms with van der Waals surface area (Å²) in [6, 6.07) is 11.0. The fourth-order valence-corrected chi connectivity index (χ4v) is 4.51. The molecule has 0 bridgehead atoms. The predicted octanol–water partition coefficient (Wildman–Crippen LogP) is 5.60. The molecular formula is C23H27IN2O. The molecule has 4 heteroatoms. The van der Waals surface area contributed by atoms with E-state index in [9.17, 15) is 4.79 Å². The van der Waals surface area contributed by atoms with Crippen LogP contribution in [-0.4, -0.2) is 12.5 Å². The first-order chi connectivity index (χ1) is 12.8. The van der Waals surface area contributed by atoms with Gasteiger partial charge in [0.1, 0.15) is 0 Å². The Morgan fingerprint density at radius 3 is 2.59 bits per heavy atom. The van der Waals surface area contributed by atoms with Crippen molar-refractivity contribution >= 4 is 39.9 Å². The molecule has 0 saturated heterocycles. The molecule has 1 heterocycles. The van der Waals surface area contributed by atoms with Gasteiger partial charge in [0.25, 0.3) is 0 Å². The minimum absolute atomic E-state index is 0.164. The number of rotatable bonds is 4. The molecule has 0 radical (unpaired) electrons. The number of aryl methyl sites for hydroxylation is 1. The summed E-state index contributed by atoms with van der Waals surface area (Å²) in [6.07, 6.45) is 4.02. The Balaban J connectivity index is 1.55. The average molecular weight is 474 g/mol. The molecule has 1 fully saturated rings. The van der Waals surface area contributed by atoms with Gasteiger partial charge in [-0.05, 0) is 108 Å². The third-order valence-electron chi connectivity index (χ3n) is 6.14. The summed E-state index contributed by atoms with van der Waals surface area (Å²) in [7, 11) is 0. The third-order valence-corrected chi connectivity index (χ3v) is 6.86. The molecule has 0 aromatic heterocycles. The van der Waals surface area contributed by atoms with Crippen molar-refractivity contribution in [3.63, 3.8) is 0 Å². The highest BCUT2D eigenvalue weighted by atomic mass is 127. The second kappa shape index (κ2) is 7.12. The zero-order valence-electron chi connectivity index (χ0n) is 16.4. The van der Waals surface area contributed by atoms with Crippen LogP contribution in [0.3, 0.4) is 0 Å². The lowest BCUT2D eigenvalue weighted by molar-refractivity contribution is -0.117. The fraction of sp³-hybridized carbons (Fsp3) is 0.435. The highest BCUT2D eigenvalue weighted by Gasteiger charge is 2.39. The number of benzene rings is 2. The van der Waals surface area contributed by atoms with E-state index in [1.54, 1.807) is 0 Å². The molecule has 0 unspecified atom stereocenters. The first-order valence-electron chi connectivity index (χ1n) is 9.77. The minimum atomic E-state index is 0.164. The predicted molar refractivity (Wildman–Crippen MR) is 120 cm³/mol. The van der Waals surface area contributed by atoms with E-state index in [-0.39, 0.29) is 11.3 Å². The van der Waals surface area contributed by atoms with Crippen molar-refractivity contribution in [1.29, 1.82) is 0 Å². The van der Waals surface area contributed by atoms with Crippen molar-refractivity contribution in [3.8, 4) is 0 Å². The summed E-state index contributed by atoms with van der Waals surface area (Å²) in [5, 5.41) is 3.22. The van der Waals surface area contributed by atoms with Crippen molar-refractivity contribution in [2.24, 2.45) is 5.41 Å². The first kappa shape index (κ1) is 18.8. The Hall–Kier alpha value is -1.56. The molecule has 0 spiro atoms. The van der Waals surface area contributed by atoms with E-state index in [0.717, 1.165) is 25.2 Å². The zero-order chi connectivity index (χ0) is 19.2. The van der Waals surface area contributed by atoms with Gasteiger partial charge in [0.2, 0.25) is 5.91 Å². The molecule has 2 aromatic rings. The summed E-state index contributed by atoms with van der Waals surface area (Å²) in [5.74, 6) is 0.164. The lowest BCUT2D eigenvalue weighted by Gasteiger charge is -2.33. The normalized spacial score (nSPS) is 17.4. The van der Waals surface area contributed by atoms with E-state index < -0.39 is 0 Å². The Morgan fingerprint density at radius 2 is 1.93 bits per heavy atom. The van der Waals surface area contributed by atoms with Crippen LogP contribution in [0.2, 0.25) is 0 Å². The number of amides is 1. The van der Waals surface area contributed by atoms with Crippen LogP contribution in [0.1, 0.15) is 48.4 Å². The number of anilines is 2. The van der Waals surface area contributed by atoms with E-state index in [1.807, 2.05) is 0 Å². The lowest BCUT2D eigenvalue weighted by atomic mass is 9.91. The standard InChI is InChI=1S/C23H27IN2O/c1-15-12-17-14-26(19-6-4-18(24)5-7-19)11-8-20(17)16(2)22(15)25-21(27)13-23(3)9-10-23/h4-7,12H,8-11,13-14H2,1-3H3,(H,25,27). The molecule has 1 saturated carbocycles. The number of carbonyl (C=O) groups is 1. The van der Waals surface area contributed by atoms with Crippen LogP contribution < -0.4 is 10.2 Å². The smallest absolute Gasteiger partial charge is 0.224 e. The van der Waals surface area contributed by atoms with Crippen LogP contribution in [0.15, 0.2) is 30.3 Å². The van der Waals surface area contributed by atoms with Crippen molar-refractivity contribution in [3.05, 3.63) is 56.2 Å². The number of nitrogens with zero attached hydrogens (tertiary/aromatic N) is 1. The number of nitrogens with one attached hydrogen (secondary N) is 1. The second-order valence-electron chi connectivity index (χ2n) is 8.51. The van der Waals surface area contributed by atoms with Crippen molar-refractivity contribution in [1.82, 2.24) is 0 Å². The first-order valence-corrected chi connectivity index (χ1v) is 10.8. The van der Waals surface area contributed by atoms with Crippen LogP contribution >= 0.6 is 22.6 Å². The number of halogens is 1. The Morgan fingerprint density at radius 1 is 1.22 bits per heavy atom. The molecule has 3 nitrogen and oxygen atoms in total. The summed E-state index contributed by atoms with van der Waals surface area (Å²) < 4.78 is 1.26. The lowest BCUT2D eigenvalue weighted by Crippen LogP contribution is -2.31. The molecule has 1 amide bonds. The molecular weight excluding hydrogens is 447 g/mol. The van der Waals surface area contributed by atoms with Crippen molar-refractivity contribution < 1.29 is 4.79 Å². The zero-order valence-corrected chi connectivity index (χ0v) is 18.5. The fourth-order valence-electron chi connectivity index (χ4n) is 4.15. The number of fused-ring (bicyclic) bond motifs is 1. The number of carbonyl (C=O) groups excluding carboxylic acids is 1. The molecule has 1 aliphatic carbocycles. The molecule has 2 aliphatic rings. The van der Waals surface area contributed by atoms with E-state index in [2.05, 4.69) is 83.9 Å². The molecule has 2 aromatic carbocycles. The maximum atomic E-state index is 12.5. The topological polar surface area (TPSA) is 32.3 Å². The van der Waals surface area contributed by atoms with Crippen LogP contribution in [0, 0.1) is 22.8 Å². The van der Waals surface area contributed by atoms with Gasteiger partial charge in [0.05, 0.1) is 0 Å². The summed E-state index contributed by atoms with van der Waals surface area (Å²) in [5.41, 5.74) is 7.79. The van der Waals surface area contributed by atoms with Crippen LogP contribution in [0.25, 0.3) is 0 Å². The van der Waals surface area contributed by atoms with Gasteiger partial charge in [0.15, 0.2) is 0 Å². The third kappa shape index (κ3) is 4.00. The van der Waals surface area contributed by atoms with Gasteiger partial charge < -0.3 is 10.2 Å². The van der Waals surface area contributed by atoms with Gasteiger partial charge in [-0.3, -0.25) is 4.79 Å². The Labute approximate surface area is 175 Å². The second-order valence-corrected chi connectivity index (χ2v) is 9.76. The van der Waals surface area contributed by atoms with Gasteiger partial charge >= 0.3 is 0 Å². The highest BCUT2D eigenvalue weighted by Crippen LogP contribution is 2.48. The van der Waals surface area contributed by atoms with Gasteiger partial charge in [-0.15, -0.1) is 0 Å². The van der Waals surface area contributed by atoms with Gasteiger partial charge in [-0.2, -0.15) is 0 Å². The van der Waals surface area contributed by atoms with Crippen LogP contribution in [0.5, 0.6) is 0 Å². The van der Waals surface area contributed by atoms with Gasteiger partial charge in [0, 0.05) is 34.5 Å². The van der Waals surface area contributed by atoms with Crippen LogP contribution in [0.4, 0.5) is 11.4 Å². The Bertz CT molecular complexity index is 884. The van der Waals surface area contributed by atoms with E-state index >= 15 is 0 Å². The van der Waals surface area contributed by atoms with Crippen LogP contribution in [-0.2, 0) is 17.8 Å². The minimum Gasteiger partial charge on any atom is -0.367 e. The van der Waals surface area contributed by atoms with E-state index in [0.29, 0.717) is 6.42 Å². The van der Waals surface area contributed by atoms with Gasteiger partial charge in [-0.1, -0.05) is 13.0 Å². The molecule has 142 valence electrons. The van der Waals surface area contributed by atoms with Crippen molar-refractivity contribution in [2.75, 3.05) is 16.8 Å². The monoisotopic (exact) mass is 474 g/mol. The number of hydrogen-bond donors (Lipinski definition) is 1. The number of hydrogen-bond acceptors (Lipinski definition) is 2. The Kier molecular flexibility index (Phi) is 4.95. The van der Waals surface area contributed by atoms with Gasteiger partial charge in [-0.25, -0.2) is 0 Å².